The summed E-state index contributed by atoms with van der Waals surface area (Å²) in [4.78, 5) is 14.4. The number of amides is 1. The number of nitrogens with zero attached hydrogens (tertiary/aromatic N) is 1. The minimum atomic E-state index is -0.399. The fourth-order valence-electron chi connectivity index (χ4n) is 3.16. The molecule has 1 saturated carbocycles. The van der Waals surface area contributed by atoms with Crippen LogP contribution in [-0.4, -0.2) is 29.7 Å². The molecule has 1 aliphatic heterocycles. The van der Waals surface area contributed by atoms with Crippen LogP contribution in [0.1, 0.15) is 42.5 Å². The average molecular weight is 263 g/mol. The lowest BCUT2D eigenvalue weighted by Gasteiger charge is -2.40. The van der Waals surface area contributed by atoms with Crippen LogP contribution in [-0.2, 0) is 4.74 Å². The van der Waals surface area contributed by atoms with Gasteiger partial charge in [-0.1, -0.05) is 6.42 Å². The molecule has 3 rings (SSSR count). The summed E-state index contributed by atoms with van der Waals surface area (Å²) in [6.45, 7) is 1.24. The summed E-state index contributed by atoms with van der Waals surface area (Å²) in [6, 6.07) is 5.76. The van der Waals surface area contributed by atoms with Crippen LogP contribution in [0.15, 0.2) is 24.3 Å². The molecule has 0 bridgehead atoms. The van der Waals surface area contributed by atoms with Gasteiger partial charge >= 0.3 is 0 Å². The van der Waals surface area contributed by atoms with E-state index in [1.807, 2.05) is 4.90 Å². The van der Waals surface area contributed by atoms with Gasteiger partial charge in [0.2, 0.25) is 0 Å². The zero-order valence-electron chi connectivity index (χ0n) is 10.9. The van der Waals surface area contributed by atoms with E-state index in [2.05, 4.69) is 0 Å². The topological polar surface area (TPSA) is 29.5 Å². The SMILES string of the molecule is O=C(c1ccc(F)cc1)N1CCOC12CCCCC2. The second-order valence-electron chi connectivity index (χ2n) is 5.32. The highest BCUT2D eigenvalue weighted by atomic mass is 19.1. The Balaban J connectivity index is 1.84. The number of ether oxygens (including phenoxy) is 1. The molecular weight excluding hydrogens is 245 g/mol. The molecule has 0 unspecified atom stereocenters. The van der Waals surface area contributed by atoms with Crippen molar-refractivity contribution < 1.29 is 13.9 Å². The molecule has 2 fully saturated rings. The van der Waals surface area contributed by atoms with Crippen molar-refractivity contribution in [2.75, 3.05) is 13.2 Å². The lowest BCUT2D eigenvalue weighted by Crippen LogP contribution is -2.49. The zero-order valence-corrected chi connectivity index (χ0v) is 10.9. The van der Waals surface area contributed by atoms with Gasteiger partial charge in [-0.15, -0.1) is 0 Å². The number of halogens is 1. The largest absolute Gasteiger partial charge is 0.354 e. The zero-order chi connectivity index (χ0) is 13.3. The van der Waals surface area contributed by atoms with E-state index in [0.29, 0.717) is 18.7 Å². The first-order valence-corrected chi connectivity index (χ1v) is 6.93. The van der Waals surface area contributed by atoms with Gasteiger partial charge in [0, 0.05) is 12.1 Å². The van der Waals surface area contributed by atoms with Crippen molar-refractivity contribution in [3.05, 3.63) is 35.6 Å². The monoisotopic (exact) mass is 263 g/mol. The van der Waals surface area contributed by atoms with Crippen molar-refractivity contribution in [2.24, 2.45) is 0 Å². The summed E-state index contributed by atoms with van der Waals surface area (Å²) >= 11 is 0. The number of carbonyl (C=O) groups is 1. The van der Waals surface area contributed by atoms with Gasteiger partial charge in [0.1, 0.15) is 11.5 Å². The standard InChI is InChI=1S/C15H18FNO2/c16-13-6-4-12(5-7-13)14(18)17-10-11-19-15(17)8-2-1-3-9-15/h4-7H,1-3,8-11H2. The maximum atomic E-state index is 12.9. The molecule has 0 radical (unpaired) electrons. The van der Waals surface area contributed by atoms with E-state index < -0.39 is 5.72 Å². The molecule has 4 heteroatoms. The van der Waals surface area contributed by atoms with Gasteiger partial charge in [0.15, 0.2) is 0 Å². The van der Waals surface area contributed by atoms with Crippen LogP contribution in [0.5, 0.6) is 0 Å². The van der Waals surface area contributed by atoms with E-state index >= 15 is 0 Å². The van der Waals surface area contributed by atoms with Gasteiger partial charge in [0.25, 0.3) is 5.91 Å². The number of rotatable bonds is 1. The van der Waals surface area contributed by atoms with E-state index in [-0.39, 0.29) is 11.7 Å². The van der Waals surface area contributed by atoms with Crippen LogP contribution in [0.25, 0.3) is 0 Å². The van der Waals surface area contributed by atoms with Crippen LogP contribution in [0.4, 0.5) is 4.39 Å². The van der Waals surface area contributed by atoms with Crippen LogP contribution >= 0.6 is 0 Å². The van der Waals surface area contributed by atoms with Crippen molar-refractivity contribution in [1.29, 1.82) is 0 Å². The number of benzene rings is 1. The highest BCUT2D eigenvalue weighted by Crippen LogP contribution is 2.38. The molecule has 3 nitrogen and oxygen atoms in total. The Labute approximate surface area is 112 Å². The van der Waals surface area contributed by atoms with Gasteiger partial charge in [0.05, 0.1) is 6.61 Å². The summed E-state index contributed by atoms with van der Waals surface area (Å²) in [5.74, 6) is -0.360. The van der Waals surface area contributed by atoms with E-state index in [1.165, 1.54) is 18.6 Å². The molecule has 102 valence electrons. The van der Waals surface area contributed by atoms with Crippen LogP contribution in [0, 0.1) is 5.82 Å². The maximum absolute atomic E-state index is 12.9. The smallest absolute Gasteiger partial charge is 0.256 e. The Morgan fingerprint density at radius 3 is 2.53 bits per heavy atom. The minimum Gasteiger partial charge on any atom is -0.354 e. The third-order valence-electron chi connectivity index (χ3n) is 4.15. The quantitative estimate of drug-likeness (QED) is 0.779. The number of carbonyl (C=O) groups excluding carboxylic acids is 1. The molecule has 0 N–H and O–H groups in total. The first kappa shape index (κ1) is 12.6. The molecule has 1 aromatic rings. The van der Waals surface area contributed by atoms with Gasteiger partial charge in [-0.25, -0.2) is 4.39 Å². The van der Waals surface area contributed by atoms with E-state index in [1.54, 1.807) is 12.1 Å². The van der Waals surface area contributed by atoms with Gasteiger partial charge in [-0.05, 0) is 49.9 Å². The lowest BCUT2D eigenvalue weighted by molar-refractivity contribution is -0.0919. The predicted octanol–water partition coefficient (Wildman–Crippen LogP) is 2.96. The molecule has 0 atom stereocenters. The van der Waals surface area contributed by atoms with Crippen molar-refractivity contribution in [3.8, 4) is 0 Å². The first-order valence-electron chi connectivity index (χ1n) is 6.93. The number of hydrogen-bond acceptors (Lipinski definition) is 2. The molecular formula is C15H18FNO2. The molecule has 0 aromatic heterocycles. The summed E-state index contributed by atoms with van der Waals surface area (Å²) in [5, 5.41) is 0. The van der Waals surface area contributed by atoms with E-state index in [9.17, 15) is 9.18 Å². The summed E-state index contributed by atoms with van der Waals surface area (Å²) < 4.78 is 18.8. The highest BCUT2D eigenvalue weighted by Gasteiger charge is 2.45. The predicted molar refractivity (Wildman–Crippen MR) is 69.2 cm³/mol. The lowest BCUT2D eigenvalue weighted by atomic mass is 9.90. The molecule has 1 spiro atoms. The van der Waals surface area contributed by atoms with E-state index in [0.717, 1.165) is 25.7 Å². The van der Waals surface area contributed by atoms with Gasteiger partial charge < -0.3 is 9.64 Å². The Bertz CT molecular complexity index is 466. The summed E-state index contributed by atoms with van der Waals surface area (Å²) in [6.07, 6.45) is 5.25. The maximum Gasteiger partial charge on any atom is 0.256 e. The first-order chi connectivity index (χ1) is 9.21. The average Bonchev–Trinajstić information content (AvgIpc) is 2.83. The molecule has 1 aliphatic carbocycles. The van der Waals surface area contributed by atoms with Crippen LogP contribution in [0.2, 0.25) is 0 Å². The summed E-state index contributed by atoms with van der Waals surface area (Å²) in [5.41, 5.74) is 0.140. The molecule has 1 amide bonds. The Morgan fingerprint density at radius 1 is 1.16 bits per heavy atom. The van der Waals surface area contributed by atoms with Crippen molar-refractivity contribution >= 4 is 5.91 Å². The fourth-order valence-corrected chi connectivity index (χ4v) is 3.16. The third kappa shape index (κ3) is 2.25. The van der Waals surface area contributed by atoms with Gasteiger partial charge in [-0.3, -0.25) is 4.79 Å². The second-order valence-corrected chi connectivity index (χ2v) is 5.32. The molecule has 2 aliphatic rings. The Hall–Kier alpha value is -1.42. The highest BCUT2D eigenvalue weighted by molar-refractivity contribution is 5.94. The number of hydrogen-bond donors (Lipinski definition) is 0. The minimum absolute atomic E-state index is 0.0422. The van der Waals surface area contributed by atoms with Crippen LogP contribution < -0.4 is 0 Å². The molecule has 1 aromatic carbocycles. The van der Waals surface area contributed by atoms with Gasteiger partial charge in [-0.2, -0.15) is 0 Å². The fraction of sp³-hybridized carbons (Fsp3) is 0.533. The molecule has 1 saturated heterocycles. The molecule has 19 heavy (non-hydrogen) atoms. The summed E-state index contributed by atoms with van der Waals surface area (Å²) in [7, 11) is 0. The van der Waals surface area contributed by atoms with Crippen LogP contribution in [0.3, 0.4) is 0 Å². The van der Waals surface area contributed by atoms with Crippen molar-refractivity contribution in [2.45, 2.75) is 37.8 Å². The van der Waals surface area contributed by atoms with Crippen molar-refractivity contribution in [3.63, 3.8) is 0 Å². The normalized spacial score (nSPS) is 21.8. The van der Waals surface area contributed by atoms with E-state index in [4.69, 9.17) is 4.74 Å². The third-order valence-corrected chi connectivity index (χ3v) is 4.15. The Morgan fingerprint density at radius 2 is 1.84 bits per heavy atom. The molecule has 1 heterocycles. The Kier molecular flexibility index (Phi) is 3.27. The van der Waals surface area contributed by atoms with Crippen molar-refractivity contribution in [1.82, 2.24) is 4.90 Å². The second kappa shape index (κ2) is 4.93.